The highest BCUT2D eigenvalue weighted by molar-refractivity contribution is 9.10. The van der Waals surface area contributed by atoms with Crippen molar-refractivity contribution in [2.45, 2.75) is 19.9 Å². The SMILES string of the molecule is CC(C)n1c(=O)n(C)c2nnc3ccc(Br)cc3c21. The average Bonchev–Trinajstić information content (AvgIpc) is 2.62. The minimum absolute atomic E-state index is 0.0632. The zero-order valence-corrected chi connectivity index (χ0v) is 12.5. The van der Waals surface area contributed by atoms with Gasteiger partial charge in [-0.1, -0.05) is 15.9 Å². The van der Waals surface area contributed by atoms with E-state index in [1.165, 1.54) is 0 Å². The average molecular weight is 321 g/mol. The van der Waals surface area contributed by atoms with Crippen LogP contribution in [0.1, 0.15) is 19.9 Å². The van der Waals surface area contributed by atoms with Crippen molar-refractivity contribution in [2.24, 2.45) is 7.05 Å². The van der Waals surface area contributed by atoms with Crippen LogP contribution >= 0.6 is 15.9 Å². The van der Waals surface area contributed by atoms with E-state index in [1.807, 2.05) is 32.0 Å². The van der Waals surface area contributed by atoms with Crippen LogP contribution in [0.25, 0.3) is 22.1 Å². The van der Waals surface area contributed by atoms with Crippen molar-refractivity contribution < 1.29 is 0 Å². The molecular weight excluding hydrogens is 308 g/mol. The normalized spacial score (nSPS) is 11.8. The second-order valence-corrected chi connectivity index (χ2v) is 5.75. The van der Waals surface area contributed by atoms with E-state index in [9.17, 15) is 4.79 Å². The summed E-state index contributed by atoms with van der Waals surface area (Å²) in [6.07, 6.45) is 0. The zero-order valence-electron chi connectivity index (χ0n) is 10.9. The third-order valence-electron chi connectivity index (χ3n) is 3.25. The van der Waals surface area contributed by atoms with Crippen LogP contribution in [0.5, 0.6) is 0 Å². The molecule has 98 valence electrons. The van der Waals surface area contributed by atoms with Gasteiger partial charge in [-0.05, 0) is 32.0 Å². The van der Waals surface area contributed by atoms with E-state index in [1.54, 1.807) is 16.2 Å². The van der Waals surface area contributed by atoms with Crippen molar-refractivity contribution >= 4 is 38.0 Å². The van der Waals surface area contributed by atoms with Crippen LogP contribution in [-0.2, 0) is 7.05 Å². The highest BCUT2D eigenvalue weighted by Crippen LogP contribution is 2.25. The van der Waals surface area contributed by atoms with Crippen molar-refractivity contribution in [2.75, 3.05) is 0 Å². The quantitative estimate of drug-likeness (QED) is 0.692. The number of aryl methyl sites for hydroxylation is 1. The van der Waals surface area contributed by atoms with Crippen molar-refractivity contribution in [3.05, 3.63) is 33.2 Å². The van der Waals surface area contributed by atoms with Gasteiger partial charge in [-0.25, -0.2) is 4.79 Å². The van der Waals surface area contributed by atoms with Crippen molar-refractivity contribution in [1.82, 2.24) is 19.3 Å². The number of nitrogens with zero attached hydrogens (tertiary/aromatic N) is 4. The Bertz CT molecular complexity index is 847. The van der Waals surface area contributed by atoms with Crippen LogP contribution in [0.2, 0.25) is 0 Å². The first-order valence-electron chi connectivity index (χ1n) is 6.03. The maximum atomic E-state index is 12.3. The Morgan fingerprint density at radius 3 is 2.68 bits per heavy atom. The summed E-state index contributed by atoms with van der Waals surface area (Å²) in [5, 5.41) is 9.30. The van der Waals surface area contributed by atoms with Crippen LogP contribution in [0.15, 0.2) is 27.5 Å². The lowest BCUT2D eigenvalue weighted by atomic mass is 10.2. The van der Waals surface area contributed by atoms with E-state index < -0.39 is 0 Å². The first-order valence-corrected chi connectivity index (χ1v) is 6.83. The molecule has 5 nitrogen and oxygen atoms in total. The molecule has 0 aliphatic heterocycles. The number of aromatic nitrogens is 4. The molecule has 19 heavy (non-hydrogen) atoms. The number of imidazole rings is 1. The molecule has 0 N–H and O–H groups in total. The van der Waals surface area contributed by atoms with Gasteiger partial charge >= 0.3 is 5.69 Å². The number of benzene rings is 1. The van der Waals surface area contributed by atoms with Gasteiger partial charge in [-0.15, -0.1) is 10.2 Å². The molecule has 1 aromatic carbocycles. The molecule has 3 rings (SSSR count). The van der Waals surface area contributed by atoms with Crippen LogP contribution in [0.3, 0.4) is 0 Å². The molecule has 0 fully saturated rings. The standard InChI is InChI=1S/C13H13BrN4O/c1-7(2)18-11-9-6-8(14)4-5-10(9)15-16-12(11)17(3)13(18)19/h4-7H,1-3H3. The summed E-state index contributed by atoms with van der Waals surface area (Å²) in [6, 6.07) is 5.87. The summed E-state index contributed by atoms with van der Waals surface area (Å²) in [5.74, 6) is 0. The molecule has 0 aliphatic carbocycles. The minimum Gasteiger partial charge on any atom is -0.287 e. The summed E-state index contributed by atoms with van der Waals surface area (Å²) in [7, 11) is 1.72. The summed E-state index contributed by atoms with van der Waals surface area (Å²) >= 11 is 3.46. The number of rotatable bonds is 1. The maximum absolute atomic E-state index is 12.3. The molecule has 0 bridgehead atoms. The molecule has 2 aromatic heterocycles. The van der Waals surface area contributed by atoms with E-state index >= 15 is 0 Å². The van der Waals surface area contributed by atoms with Gasteiger partial charge in [0, 0.05) is 22.9 Å². The van der Waals surface area contributed by atoms with Gasteiger partial charge in [-0.3, -0.25) is 9.13 Å². The van der Waals surface area contributed by atoms with Crippen LogP contribution in [0, 0.1) is 0 Å². The lowest BCUT2D eigenvalue weighted by Gasteiger charge is -2.08. The van der Waals surface area contributed by atoms with Gasteiger partial charge in [0.15, 0.2) is 5.65 Å². The highest BCUT2D eigenvalue weighted by atomic mass is 79.9. The molecule has 0 saturated carbocycles. The van der Waals surface area contributed by atoms with E-state index in [-0.39, 0.29) is 11.7 Å². The number of halogens is 1. The van der Waals surface area contributed by atoms with Gasteiger partial charge in [0.25, 0.3) is 0 Å². The summed E-state index contributed by atoms with van der Waals surface area (Å²) < 4.78 is 4.27. The Balaban J connectivity index is 2.64. The number of hydrogen-bond donors (Lipinski definition) is 0. The van der Waals surface area contributed by atoms with Crippen molar-refractivity contribution in [3.8, 4) is 0 Å². The number of hydrogen-bond acceptors (Lipinski definition) is 3. The van der Waals surface area contributed by atoms with Crippen LogP contribution in [-0.4, -0.2) is 19.3 Å². The van der Waals surface area contributed by atoms with Gasteiger partial charge in [-0.2, -0.15) is 0 Å². The maximum Gasteiger partial charge on any atom is 0.330 e. The fourth-order valence-electron chi connectivity index (χ4n) is 2.34. The van der Waals surface area contributed by atoms with Crippen molar-refractivity contribution in [3.63, 3.8) is 0 Å². The van der Waals surface area contributed by atoms with Crippen molar-refractivity contribution in [1.29, 1.82) is 0 Å². The Labute approximate surface area is 118 Å². The molecule has 0 unspecified atom stereocenters. The van der Waals surface area contributed by atoms with Gasteiger partial charge in [0.1, 0.15) is 5.52 Å². The first kappa shape index (κ1) is 12.3. The summed E-state index contributed by atoms with van der Waals surface area (Å²) in [6.45, 7) is 3.98. The van der Waals surface area contributed by atoms with Gasteiger partial charge < -0.3 is 0 Å². The molecular formula is C13H13BrN4O. The lowest BCUT2D eigenvalue weighted by molar-refractivity contribution is 0.584. The van der Waals surface area contributed by atoms with Gasteiger partial charge in [0.2, 0.25) is 0 Å². The number of fused-ring (bicyclic) bond motifs is 3. The highest BCUT2D eigenvalue weighted by Gasteiger charge is 2.17. The second kappa shape index (κ2) is 4.16. The second-order valence-electron chi connectivity index (χ2n) is 4.84. The van der Waals surface area contributed by atoms with Crippen LogP contribution in [0.4, 0.5) is 0 Å². The van der Waals surface area contributed by atoms with E-state index in [0.717, 1.165) is 20.9 Å². The van der Waals surface area contributed by atoms with Gasteiger partial charge in [0.05, 0.1) is 5.52 Å². The smallest absolute Gasteiger partial charge is 0.287 e. The Morgan fingerprint density at radius 2 is 2.00 bits per heavy atom. The Morgan fingerprint density at radius 1 is 1.26 bits per heavy atom. The molecule has 0 aliphatic rings. The largest absolute Gasteiger partial charge is 0.330 e. The molecule has 6 heteroatoms. The molecule has 0 spiro atoms. The van der Waals surface area contributed by atoms with E-state index in [4.69, 9.17) is 0 Å². The lowest BCUT2D eigenvalue weighted by Crippen LogP contribution is -2.23. The third kappa shape index (κ3) is 1.70. The predicted octanol–water partition coefficient (Wildman–Crippen LogP) is 2.63. The zero-order chi connectivity index (χ0) is 13.7. The molecule has 0 atom stereocenters. The molecule has 3 aromatic rings. The predicted molar refractivity (Wildman–Crippen MR) is 78.4 cm³/mol. The minimum atomic E-state index is -0.0632. The Kier molecular flexibility index (Phi) is 2.70. The fraction of sp³-hybridized carbons (Fsp3) is 0.308. The molecule has 0 radical (unpaired) electrons. The monoisotopic (exact) mass is 320 g/mol. The molecule has 0 saturated heterocycles. The van der Waals surface area contributed by atoms with E-state index in [2.05, 4.69) is 26.1 Å². The first-order chi connectivity index (χ1) is 9.00. The summed E-state index contributed by atoms with van der Waals surface area (Å²) in [4.78, 5) is 12.3. The summed E-state index contributed by atoms with van der Waals surface area (Å²) in [5.41, 5.74) is 2.18. The molecule has 0 amide bonds. The topological polar surface area (TPSA) is 52.7 Å². The Hall–Kier alpha value is -1.69. The van der Waals surface area contributed by atoms with E-state index in [0.29, 0.717) is 5.65 Å². The van der Waals surface area contributed by atoms with Crippen LogP contribution < -0.4 is 5.69 Å². The fourth-order valence-corrected chi connectivity index (χ4v) is 2.71. The third-order valence-corrected chi connectivity index (χ3v) is 3.74. The molecule has 2 heterocycles.